The largest absolute Gasteiger partial charge is 0.437 e. The number of aromatic nitrogens is 2. The molecule has 8 nitrogen and oxygen atoms in total. The van der Waals surface area contributed by atoms with E-state index in [1.165, 1.54) is 44.8 Å². The molecule has 8 rings (SSSR count). The van der Waals surface area contributed by atoms with Gasteiger partial charge in [0.15, 0.2) is 0 Å². The van der Waals surface area contributed by atoms with Crippen molar-refractivity contribution in [2.24, 2.45) is 0 Å². The fourth-order valence-electron chi connectivity index (χ4n) is 8.66. The number of aryl methyl sites for hydroxylation is 4. The molecule has 4 heterocycles. The molecule has 0 radical (unpaired) electrons. The standard InChI is InChI=1S/C23H31BBrClN4O.C18H19BrClN3/c1-3-20(28-24(2)31)15-29-8-10-30(11-9-29)23-21-7-6-19(26)13-16(21)4-5-17-12-18(25)14-27-22(17)23;19-14-9-13-2-1-12-10-15(20)3-4-16(12)18(17(13)22-11-14)23-7-5-21-6-8-23/h6-7,12-14,20,23,28,31H,3-5,8-11,15H2,1-2H3;3-4,9-11,18,21H,1-2,5-8H2. The molecule has 4 aromatic rings. The molecule has 2 saturated heterocycles. The number of nitrogens with zero attached hydrogens (tertiary/aromatic N) is 5. The molecule has 286 valence electrons. The van der Waals surface area contributed by atoms with E-state index in [2.05, 4.69) is 100 Å². The number of benzene rings is 2. The van der Waals surface area contributed by atoms with Crippen LogP contribution in [-0.2, 0) is 25.7 Å². The summed E-state index contributed by atoms with van der Waals surface area (Å²) in [5, 5.41) is 18.0. The predicted molar refractivity (Wildman–Crippen MR) is 229 cm³/mol. The first-order chi connectivity index (χ1) is 26.2. The summed E-state index contributed by atoms with van der Waals surface area (Å²) < 4.78 is 2.09. The lowest BCUT2D eigenvalue weighted by molar-refractivity contribution is 0.101. The van der Waals surface area contributed by atoms with Crippen molar-refractivity contribution in [3.63, 3.8) is 0 Å². The van der Waals surface area contributed by atoms with Gasteiger partial charge >= 0.3 is 7.05 Å². The van der Waals surface area contributed by atoms with Crippen LogP contribution in [0.3, 0.4) is 0 Å². The molecule has 3 N–H and O–H groups in total. The van der Waals surface area contributed by atoms with Crippen molar-refractivity contribution < 1.29 is 5.02 Å². The third kappa shape index (κ3) is 9.61. The van der Waals surface area contributed by atoms with E-state index >= 15 is 0 Å². The molecule has 0 saturated carbocycles. The van der Waals surface area contributed by atoms with Crippen LogP contribution in [0.2, 0.25) is 16.9 Å². The summed E-state index contributed by atoms with van der Waals surface area (Å²) in [7, 11) is -0.470. The van der Waals surface area contributed by atoms with Gasteiger partial charge in [0.1, 0.15) is 0 Å². The van der Waals surface area contributed by atoms with Gasteiger partial charge in [0.25, 0.3) is 0 Å². The Morgan fingerprint density at radius 2 is 1.24 bits per heavy atom. The van der Waals surface area contributed by atoms with Crippen LogP contribution in [0.4, 0.5) is 0 Å². The Bertz CT molecular complexity index is 1800. The summed E-state index contributed by atoms with van der Waals surface area (Å²) in [6.45, 7) is 13.1. The molecule has 2 aliphatic heterocycles. The molecule has 54 heavy (non-hydrogen) atoms. The van der Waals surface area contributed by atoms with Gasteiger partial charge in [-0.3, -0.25) is 24.7 Å². The molecule has 2 aliphatic carbocycles. The first-order valence-electron chi connectivity index (χ1n) is 19.4. The van der Waals surface area contributed by atoms with E-state index in [1.807, 2.05) is 24.5 Å². The van der Waals surface area contributed by atoms with Crippen LogP contribution in [0, 0.1) is 0 Å². The molecule has 2 aromatic carbocycles. The van der Waals surface area contributed by atoms with E-state index in [-0.39, 0.29) is 12.1 Å². The Labute approximate surface area is 347 Å². The maximum Gasteiger partial charge on any atom is 0.373 e. The van der Waals surface area contributed by atoms with Crippen molar-refractivity contribution in [1.82, 2.24) is 35.2 Å². The predicted octanol–water partition coefficient (Wildman–Crippen LogP) is 7.37. The Kier molecular flexibility index (Phi) is 13.9. The minimum absolute atomic E-state index is 0.164. The molecule has 0 amide bonds. The molecule has 0 bridgehead atoms. The van der Waals surface area contributed by atoms with Crippen LogP contribution in [0.15, 0.2) is 69.9 Å². The highest BCUT2D eigenvalue weighted by molar-refractivity contribution is 9.10. The van der Waals surface area contributed by atoms with Crippen molar-refractivity contribution in [3.8, 4) is 0 Å². The number of nitrogens with one attached hydrogen (secondary N) is 2. The van der Waals surface area contributed by atoms with Crippen molar-refractivity contribution in [2.45, 2.75) is 64.0 Å². The van der Waals surface area contributed by atoms with Crippen LogP contribution in [-0.4, -0.2) is 102 Å². The fourth-order valence-corrected chi connectivity index (χ4v) is 9.81. The van der Waals surface area contributed by atoms with Crippen LogP contribution in [0.1, 0.15) is 70.2 Å². The van der Waals surface area contributed by atoms with E-state index in [9.17, 15) is 5.02 Å². The molecule has 0 spiro atoms. The Hall–Kier alpha value is -1.90. The summed E-state index contributed by atoms with van der Waals surface area (Å²) in [5.41, 5.74) is 10.4. The van der Waals surface area contributed by atoms with E-state index in [4.69, 9.17) is 33.2 Å². The molecule has 2 aromatic heterocycles. The Morgan fingerprint density at radius 3 is 1.72 bits per heavy atom. The second-order valence-corrected chi connectivity index (χ2v) is 17.7. The number of hydrogen-bond acceptors (Lipinski definition) is 8. The minimum Gasteiger partial charge on any atom is -0.437 e. The number of fused-ring (bicyclic) bond motifs is 4. The van der Waals surface area contributed by atoms with Crippen LogP contribution in [0.5, 0.6) is 0 Å². The first-order valence-corrected chi connectivity index (χ1v) is 21.7. The second kappa shape index (κ2) is 18.6. The summed E-state index contributed by atoms with van der Waals surface area (Å²) in [6, 6.07) is 17.9. The van der Waals surface area contributed by atoms with E-state index in [0.29, 0.717) is 6.04 Å². The highest BCUT2D eigenvalue weighted by Gasteiger charge is 2.34. The summed E-state index contributed by atoms with van der Waals surface area (Å²) in [5.74, 6) is 0. The maximum absolute atomic E-state index is 9.69. The van der Waals surface area contributed by atoms with Gasteiger partial charge in [0.2, 0.25) is 0 Å². The van der Waals surface area contributed by atoms with Crippen molar-refractivity contribution in [3.05, 3.63) is 125 Å². The summed E-state index contributed by atoms with van der Waals surface area (Å²) in [6.07, 6.45) is 8.86. The lowest BCUT2D eigenvalue weighted by Crippen LogP contribution is -2.53. The van der Waals surface area contributed by atoms with Gasteiger partial charge in [0, 0.05) is 96.3 Å². The van der Waals surface area contributed by atoms with Crippen LogP contribution >= 0.6 is 55.1 Å². The average molecular weight is 898 g/mol. The van der Waals surface area contributed by atoms with Gasteiger partial charge in [-0.15, -0.1) is 0 Å². The summed E-state index contributed by atoms with van der Waals surface area (Å²) in [4.78, 5) is 17.4. The SMILES string of the molecule is CCC(CN1CCN(C2c3ccc(Cl)cc3CCc3cc(Br)cnc32)CC1)NB(C)O.Clc1ccc2c(c1)CCc1cc(Br)cnc1C2N1CCNCC1. The molecule has 4 aliphatic rings. The van der Waals surface area contributed by atoms with Gasteiger partial charge < -0.3 is 15.6 Å². The van der Waals surface area contributed by atoms with Gasteiger partial charge in [-0.1, -0.05) is 42.3 Å². The zero-order chi connectivity index (χ0) is 37.8. The first kappa shape index (κ1) is 40.3. The molecular formula is C41H50BBr2Cl2N7O. The third-order valence-corrected chi connectivity index (χ3v) is 12.7. The lowest BCUT2D eigenvalue weighted by Gasteiger charge is -2.41. The number of pyridine rings is 2. The van der Waals surface area contributed by atoms with Gasteiger partial charge in [0.05, 0.1) is 23.5 Å². The highest BCUT2D eigenvalue weighted by Crippen LogP contribution is 2.39. The second-order valence-electron chi connectivity index (χ2n) is 15.0. The lowest BCUT2D eigenvalue weighted by atomic mass is 9.86. The fraction of sp³-hybridized carbons (Fsp3) is 0.463. The number of piperazine rings is 2. The average Bonchev–Trinajstić information content (AvgIpc) is 3.42. The Morgan fingerprint density at radius 1 is 0.759 bits per heavy atom. The van der Waals surface area contributed by atoms with Crippen molar-refractivity contribution >= 4 is 62.1 Å². The van der Waals surface area contributed by atoms with Crippen molar-refractivity contribution in [2.75, 3.05) is 58.9 Å². The molecular weight excluding hydrogens is 848 g/mol. The molecule has 13 heteroatoms. The van der Waals surface area contributed by atoms with Gasteiger partial charge in [-0.25, -0.2) is 0 Å². The number of rotatable bonds is 7. The Balaban J connectivity index is 0.000000174. The minimum atomic E-state index is -0.470. The third-order valence-electron chi connectivity index (χ3n) is 11.3. The van der Waals surface area contributed by atoms with Crippen LogP contribution in [0.25, 0.3) is 0 Å². The monoisotopic (exact) mass is 895 g/mol. The molecule has 3 unspecified atom stereocenters. The normalized spacial score (nSPS) is 20.9. The maximum atomic E-state index is 9.69. The summed E-state index contributed by atoms with van der Waals surface area (Å²) >= 11 is 19.8. The molecule has 2 fully saturated rings. The topological polar surface area (TPSA) is 79.8 Å². The number of hydrogen-bond donors (Lipinski definition) is 3. The van der Waals surface area contributed by atoms with Gasteiger partial charge in [-0.2, -0.15) is 0 Å². The van der Waals surface area contributed by atoms with Crippen LogP contribution < -0.4 is 10.5 Å². The quantitative estimate of drug-likeness (QED) is 0.166. The van der Waals surface area contributed by atoms with Gasteiger partial charge in [-0.05, 0) is 141 Å². The van der Waals surface area contributed by atoms with E-state index in [0.717, 1.165) is 110 Å². The highest BCUT2D eigenvalue weighted by atomic mass is 79.9. The zero-order valence-electron chi connectivity index (χ0n) is 31.2. The molecule has 3 atom stereocenters. The van der Waals surface area contributed by atoms with Crippen molar-refractivity contribution in [1.29, 1.82) is 0 Å². The van der Waals surface area contributed by atoms with E-state index < -0.39 is 7.05 Å². The zero-order valence-corrected chi connectivity index (χ0v) is 35.9. The van der Waals surface area contributed by atoms with E-state index in [1.54, 1.807) is 6.82 Å². The smallest absolute Gasteiger partial charge is 0.373 e. The number of halogens is 4.